The molecule has 0 saturated heterocycles. The molecule has 0 N–H and O–H groups in total. The number of ether oxygens (including phenoxy) is 1. The minimum atomic E-state index is -0.0754. The molecule has 3 rings (SSSR count). The second-order valence-electron chi connectivity index (χ2n) is 5.80. The number of benzene rings is 2. The Bertz CT molecular complexity index is 927. The molecule has 0 radical (unpaired) electrons. The Kier molecular flexibility index (Phi) is 6.66. The molecule has 3 aromatic rings. The largest absolute Gasteiger partial charge is 0.497 e. The smallest absolute Gasteiger partial charge is 0.232 e. The predicted molar refractivity (Wildman–Crippen MR) is 114 cm³/mol. The summed E-state index contributed by atoms with van der Waals surface area (Å²) in [6, 6.07) is 14.6. The van der Waals surface area contributed by atoms with Crippen LogP contribution in [0.2, 0.25) is 15.1 Å². The summed E-state index contributed by atoms with van der Waals surface area (Å²) < 4.78 is 5.19. The molecular formula is C20H16Cl3NO2S. The van der Waals surface area contributed by atoms with E-state index in [4.69, 9.17) is 39.5 Å². The molecule has 140 valence electrons. The van der Waals surface area contributed by atoms with E-state index in [2.05, 4.69) is 0 Å². The number of hydrogen-bond donors (Lipinski definition) is 0. The first-order valence-corrected chi connectivity index (χ1v) is 10.1. The third kappa shape index (κ3) is 4.96. The molecule has 0 saturated carbocycles. The van der Waals surface area contributed by atoms with Crippen LogP contribution < -0.4 is 9.64 Å². The van der Waals surface area contributed by atoms with Crippen LogP contribution in [0.15, 0.2) is 53.9 Å². The maximum atomic E-state index is 13.1. The van der Waals surface area contributed by atoms with Crippen LogP contribution in [-0.4, -0.2) is 13.0 Å². The molecule has 3 nitrogen and oxygen atoms in total. The first-order chi connectivity index (χ1) is 13.0. The third-order valence-corrected chi connectivity index (χ3v) is 5.89. The molecule has 0 spiro atoms. The summed E-state index contributed by atoms with van der Waals surface area (Å²) in [6.45, 7) is 0.353. The fourth-order valence-corrected chi connectivity index (χ4v) is 3.94. The Labute approximate surface area is 177 Å². The number of amides is 1. The van der Waals surface area contributed by atoms with Gasteiger partial charge < -0.3 is 9.64 Å². The van der Waals surface area contributed by atoms with Gasteiger partial charge in [0.05, 0.1) is 40.8 Å². The zero-order valence-corrected chi connectivity index (χ0v) is 17.5. The average molecular weight is 441 g/mol. The summed E-state index contributed by atoms with van der Waals surface area (Å²) in [5, 5.41) is 3.01. The fourth-order valence-electron chi connectivity index (χ4n) is 2.60. The Morgan fingerprint density at radius 3 is 2.37 bits per heavy atom. The van der Waals surface area contributed by atoms with Crippen LogP contribution in [0.25, 0.3) is 0 Å². The van der Waals surface area contributed by atoms with Crippen molar-refractivity contribution in [3.05, 3.63) is 79.4 Å². The number of methoxy groups -OCH3 is 1. The molecule has 1 amide bonds. The summed E-state index contributed by atoms with van der Waals surface area (Å²) >= 11 is 20.1. The van der Waals surface area contributed by atoms with Crippen LogP contribution in [0.4, 0.5) is 5.69 Å². The lowest BCUT2D eigenvalue weighted by Crippen LogP contribution is -2.31. The summed E-state index contributed by atoms with van der Waals surface area (Å²) in [7, 11) is 1.61. The van der Waals surface area contributed by atoms with Gasteiger partial charge in [0.2, 0.25) is 5.91 Å². The van der Waals surface area contributed by atoms with Crippen LogP contribution in [-0.2, 0) is 17.8 Å². The summed E-state index contributed by atoms with van der Waals surface area (Å²) in [5.74, 6) is 0.677. The van der Waals surface area contributed by atoms with Gasteiger partial charge in [-0.2, -0.15) is 0 Å². The normalized spacial score (nSPS) is 10.7. The highest BCUT2D eigenvalue weighted by atomic mass is 35.5. The van der Waals surface area contributed by atoms with Crippen molar-refractivity contribution in [1.82, 2.24) is 0 Å². The third-order valence-electron chi connectivity index (χ3n) is 3.99. The Morgan fingerprint density at radius 2 is 1.74 bits per heavy atom. The van der Waals surface area contributed by atoms with Crippen LogP contribution in [0.3, 0.4) is 0 Å². The van der Waals surface area contributed by atoms with Gasteiger partial charge in [-0.1, -0.05) is 53.0 Å². The summed E-state index contributed by atoms with van der Waals surface area (Å²) in [5.41, 5.74) is 1.47. The van der Waals surface area contributed by atoms with Crippen LogP contribution in [0, 0.1) is 0 Å². The van der Waals surface area contributed by atoms with Gasteiger partial charge in [0.1, 0.15) is 5.75 Å². The van der Waals surface area contributed by atoms with E-state index >= 15 is 0 Å². The lowest BCUT2D eigenvalue weighted by Gasteiger charge is -2.24. The second kappa shape index (κ2) is 8.98. The summed E-state index contributed by atoms with van der Waals surface area (Å²) in [4.78, 5) is 15.7. The maximum absolute atomic E-state index is 13.1. The van der Waals surface area contributed by atoms with Crippen molar-refractivity contribution < 1.29 is 9.53 Å². The molecule has 0 aliphatic rings. The van der Waals surface area contributed by atoms with E-state index in [0.29, 0.717) is 27.3 Å². The van der Waals surface area contributed by atoms with Gasteiger partial charge in [0, 0.05) is 4.88 Å². The number of halogens is 3. The van der Waals surface area contributed by atoms with Gasteiger partial charge in [0.15, 0.2) is 0 Å². The number of rotatable bonds is 6. The highest BCUT2D eigenvalue weighted by Crippen LogP contribution is 2.35. The molecule has 0 bridgehead atoms. The molecule has 1 heterocycles. The second-order valence-corrected chi connectivity index (χ2v) is 8.06. The van der Waals surface area contributed by atoms with E-state index < -0.39 is 0 Å². The van der Waals surface area contributed by atoms with Crippen molar-refractivity contribution in [2.75, 3.05) is 12.0 Å². The van der Waals surface area contributed by atoms with Crippen LogP contribution in [0.1, 0.15) is 10.4 Å². The summed E-state index contributed by atoms with van der Waals surface area (Å²) in [6.07, 6.45) is 0.282. The SMILES string of the molecule is COc1ccc(CN(C(=O)Cc2cccs2)c2cc(Cl)c(Cl)cc2Cl)cc1. The Hall–Kier alpha value is -1.72. The number of anilines is 1. The first kappa shape index (κ1) is 20.0. The standard InChI is InChI=1S/C20H16Cl3NO2S/c1-26-14-6-4-13(5-7-14)12-24(20(25)9-15-3-2-8-27-15)19-11-17(22)16(21)10-18(19)23/h2-8,10-11H,9,12H2,1H3. The average Bonchev–Trinajstić information content (AvgIpc) is 3.16. The maximum Gasteiger partial charge on any atom is 0.232 e. The minimum Gasteiger partial charge on any atom is -0.497 e. The van der Waals surface area contributed by atoms with E-state index in [1.165, 1.54) is 0 Å². The van der Waals surface area contributed by atoms with Crippen molar-refractivity contribution in [2.45, 2.75) is 13.0 Å². The lowest BCUT2D eigenvalue weighted by molar-refractivity contribution is -0.118. The molecule has 0 unspecified atom stereocenters. The first-order valence-electron chi connectivity index (χ1n) is 8.08. The Morgan fingerprint density at radius 1 is 1.04 bits per heavy atom. The van der Waals surface area contributed by atoms with Gasteiger partial charge in [-0.3, -0.25) is 4.79 Å². The zero-order valence-electron chi connectivity index (χ0n) is 14.4. The lowest BCUT2D eigenvalue weighted by atomic mass is 10.1. The van der Waals surface area contributed by atoms with Gasteiger partial charge in [-0.25, -0.2) is 0 Å². The molecule has 0 aliphatic carbocycles. The van der Waals surface area contributed by atoms with Gasteiger partial charge in [-0.15, -0.1) is 11.3 Å². The predicted octanol–water partition coefficient (Wildman–Crippen LogP) is 6.49. The molecule has 2 aromatic carbocycles. The van der Waals surface area contributed by atoms with E-state index in [9.17, 15) is 4.79 Å². The van der Waals surface area contributed by atoms with Crippen LogP contribution >= 0.6 is 46.1 Å². The topological polar surface area (TPSA) is 29.5 Å². The zero-order chi connectivity index (χ0) is 19.4. The van der Waals surface area contributed by atoms with Crippen molar-refractivity contribution in [2.24, 2.45) is 0 Å². The van der Waals surface area contributed by atoms with Crippen molar-refractivity contribution >= 4 is 57.7 Å². The number of carbonyl (C=O) groups is 1. The van der Waals surface area contributed by atoms with E-state index in [1.807, 2.05) is 41.8 Å². The number of nitrogens with zero attached hydrogens (tertiary/aromatic N) is 1. The van der Waals surface area contributed by atoms with Crippen molar-refractivity contribution in [3.8, 4) is 5.75 Å². The molecule has 0 atom stereocenters. The molecule has 1 aromatic heterocycles. The number of carbonyl (C=O) groups excluding carboxylic acids is 1. The number of hydrogen-bond acceptors (Lipinski definition) is 3. The fraction of sp³-hybridized carbons (Fsp3) is 0.150. The monoisotopic (exact) mass is 439 g/mol. The van der Waals surface area contributed by atoms with Gasteiger partial charge >= 0.3 is 0 Å². The van der Waals surface area contributed by atoms with Crippen molar-refractivity contribution in [1.29, 1.82) is 0 Å². The highest BCUT2D eigenvalue weighted by molar-refractivity contribution is 7.10. The molecule has 0 aliphatic heterocycles. The quantitative estimate of drug-likeness (QED) is 0.410. The highest BCUT2D eigenvalue weighted by Gasteiger charge is 2.21. The molecule has 27 heavy (non-hydrogen) atoms. The molecule has 0 fully saturated rings. The minimum absolute atomic E-state index is 0.0754. The van der Waals surface area contributed by atoms with E-state index in [0.717, 1.165) is 16.2 Å². The van der Waals surface area contributed by atoms with Crippen molar-refractivity contribution in [3.63, 3.8) is 0 Å². The molecular weight excluding hydrogens is 425 g/mol. The van der Waals surface area contributed by atoms with E-state index in [-0.39, 0.29) is 12.3 Å². The van der Waals surface area contributed by atoms with Gasteiger partial charge in [-0.05, 0) is 41.3 Å². The van der Waals surface area contributed by atoms with Gasteiger partial charge in [0.25, 0.3) is 0 Å². The Balaban J connectivity index is 1.94. The molecule has 7 heteroatoms. The number of thiophene rings is 1. The van der Waals surface area contributed by atoms with Crippen LogP contribution in [0.5, 0.6) is 5.75 Å². The van der Waals surface area contributed by atoms with E-state index in [1.54, 1.807) is 35.5 Å².